The highest BCUT2D eigenvalue weighted by atomic mass is 35.5. The van der Waals surface area contributed by atoms with Crippen LogP contribution in [0.15, 0.2) is 30.6 Å². The Hall–Kier alpha value is -2.61. The van der Waals surface area contributed by atoms with E-state index in [0.717, 1.165) is 12.4 Å². The zero-order valence-electron chi connectivity index (χ0n) is 13.4. The monoisotopic (exact) mass is 378 g/mol. The van der Waals surface area contributed by atoms with Crippen molar-refractivity contribution in [3.8, 4) is 0 Å². The zero-order valence-corrected chi connectivity index (χ0v) is 14.1. The highest BCUT2D eigenvalue weighted by Crippen LogP contribution is 2.54. The maximum Gasteiger partial charge on any atom is 0.254 e. The van der Waals surface area contributed by atoms with Crippen molar-refractivity contribution in [2.45, 2.75) is 18.0 Å². The van der Waals surface area contributed by atoms with E-state index in [1.165, 1.54) is 4.90 Å². The van der Waals surface area contributed by atoms with Crippen LogP contribution in [-0.4, -0.2) is 45.9 Å². The van der Waals surface area contributed by atoms with Gasteiger partial charge in [0.2, 0.25) is 11.9 Å². The van der Waals surface area contributed by atoms with Crippen LogP contribution >= 0.6 is 11.6 Å². The maximum atomic E-state index is 14.1. The van der Waals surface area contributed by atoms with Gasteiger partial charge in [0, 0.05) is 22.5 Å². The fourth-order valence-corrected chi connectivity index (χ4v) is 3.50. The van der Waals surface area contributed by atoms with E-state index >= 15 is 0 Å². The van der Waals surface area contributed by atoms with E-state index in [9.17, 15) is 18.4 Å². The van der Waals surface area contributed by atoms with Crippen LogP contribution in [0.5, 0.6) is 0 Å². The number of amides is 2. The average Bonchev–Trinajstić information content (AvgIpc) is 3.25. The lowest BCUT2D eigenvalue weighted by Crippen LogP contribution is -2.47. The molecule has 0 unspecified atom stereocenters. The number of nitrogens with one attached hydrogen (secondary N) is 1. The molecule has 1 aromatic carbocycles. The summed E-state index contributed by atoms with van der Waals surface area (Å²) < 4.78 is 27.0. The molecule has 134 valence electrons. The van der Waals surface area contributed by atoms with Crippen molar-refractivity contribution in [1.82, 2.24) is 14.9 Å². The Kier molecular flexibility index (Phi) is 3.87. The van der Waals surface area contributed by atoms with Crippen LogP contribution in [-0.2, 0) is 10.2 Å². The quantitative estimate of drug-likeness (QED) is 0.889. The number of halogens is 3. The molecule has 1 spiro atoms. The van der Waals surface area contributed by atoms with Crippen molar-refractivity contribution in [2.24, 2.45) is 0 Å². The molecule has 1 fully saturated rings. The summed E-state index contributed by atoms with van der Waals surface area (Å²) in [5.41, 5.74) is 0.147. The molecule has 2 heterocycles. The smallest absolute Gasteiger partial charge is 0.254 e. The summed E-state index contributed by atoms with van der Waals surface area (Å²) in [5, 5.41) is 2.83. The van der Waals surface area contributed by atoms with Gasteiger partial charge in [-0.05, 0) is 30.2 Å². The van der Waals surface area contributed by atoms with E-state index in [2.05, 4.69) is 15.3 Å². The van der Waals surface area contributed by atoms with Gasteiger partial charge in [0.1, 0.15) is 12.7 Å². The van der Waals surface area contributed by atoms with Crippen molar-refractivity contribution in [3.63, 3.8) is 0 Å². The van der Waals surface area contributed by atoms with E-state index in [1.807, 2.05) is 0 Å². The fourth-order valence-electron chi connectivity index (χ4n) is 3.33. The van der Waals surface area contributed by atoms with E-state index in [1.54, 1.807) is 18.2 Å². The summed E-state index contributed by atoms with van der Waals surface area (Å²) >= 11 is 6.00. The van der Waals surface area contributed by atoms with Gasteiger partial charge in [-0.2, -0.15) is 0 Å². The number of aromatic nitrogens is 2. The Morgan fingerprint density at radius 1 is 1.38 bits per heavy atom. The molecule has 1 N–H and O–H groups in total. The van der Waals surface area contributed by atoms with Crippen LogP contribution in [0.4, 0.5) is 14.7 Å². The molecule has 2 aliphatic rings. The molecular formula is C17H13ClF2N4O2. The Labute approximate surface area is 152 Å². The molecule has 2 amide bonds. The van der Waals surface area contributed by atoms with Gasteiger partial charge in [0.15, 0.2) is 5.82 Å². The molecule has 0 bridgehead atoms. The van der Waals surface area contributed by atoms with Crippen molar-refractivity contribution in [2.75, 3.05) is 18.4 Å². The molecule has 4 rings (SSSR count). The van der Waals surface area contributed by atoms with Gasteiger partial charge in [0.05, 0.1) is 12.4 Å². The number of carbonyl (C=O) groups is 2. The minimum absolute atomic E-state index is 0.0717. The SMILES string of the molecule is O=C(CN1C[C@]2(C[C@@H]2F)c2cc(Cl)ccc2C1=O)Nc1ncc(F)cn1. The van der Waals surface area contributed by atoms with Crippen LogP contribution in [0.3, 0.4) is 0 Å². The third kappa shape index (κ3) is 2.80. The third-order valence-electron chi connectivity index (χ3n) is 4.70. The average molecular weight is 379 g/mol. The molecule has 1 saturated carbocycles. The molecule has 0 radical (unpaired) electrons. The number of nitrogens with zero attached hydrogens (tertiary/aromatic N) is 3. The second kappa shape index (κ2) is 5.98. The Morgan fingerprint density at radius 2 is 2.08 bits per heavy atom. The minimum Gasteiger partial charge on any atom is -0.328 e. The number of fused-ring (bicyclic) bond motifs is 2. The first-order valence-electron chi connectivity index (χ1n) is 7.90. The predicted octanol–water partition coefficient (Wildman–Crippen LogP) is 2.34. The number of carbonyl (C=O) groups excluding carboxylic acids is 2. The number of benzene rings is 1. The second-order valence-corrected chi connectivity index (χ2v) is 6.89. The lowest BCUT2D eigenvalue weighted by molar-refractivity contribution is -0.117. The highest BCUT2D eigenvalue weighted by Gasteiger charge is 2.61. The molecule has 0 saturated heterocycles. The molecule has 9 heteroatoms. The largest absolute Gasteiger partial charge is 0.328 e. The van der Waals surface area contributed by atoms with Crippen molar-refractivity contribution < 1.29 is 18.4 Å². The van der Waals surface area contributed by atoms with E-state index in [0.29, 0.717) is 16.1 Å². The first-order valence-corrected chi connectivity index (χ1v) is 8.28. The van der Waals surface area contributed by atoms with E-state index < -0.39 is 23.3 Å². The van der Waals surface area contributed by atoms with Crippen molar-refractivity contribution in [3.05, 3.63) is 52.6 Å². The lowest BCUT2D eigenvalue weighted by atomic mass is 9.86. The molecule has 1 aliphatic heterocycles. The number of rotatable bonds is 3. The normalized spacial score (nSPS) is 23.7. The van der Waals surface area contributed by atoms with E-state index in [-0.39, 0.29) is 31.4 Å². The predicted molar refractivity (Wildman–Crippen MR) is 89.2 cm³/mol. The maximum absolute atomic E-state index is 14.1. The zero-order chi connectivity index (χ0) is 18.5. The van der Waals surface area contributed by atoms with Gasteiger partial charge < -0.3 is 4.90 Å². The fraction of sp³-hybridized carbons (Fsp3) is 0.294. The topological polar surface area (TPSA) is 75.2 Å². The van der Waals surface area contributed by atoms with Crippen LogP contribution in [0.1, 0.15) is 22.3 Å². The Balaban J connectivity index is 1.54. The molecular weight excluding hydrogens is 366 g/mol. The number of anilines is 1. The summed E-state index contributed by atoms with van der Waals surface area (Å²) in [4.78, 5) is 33.4. The first-order chi connectivity index (χ1) is 12.4. The number of hydrogen-bond acceptors (Lipinski definition) is 4. The summed E-state index contributed by atoms with van der Waals surface area (Å²) in [6.07, 6.45) is 1.04. The summed E-state index contributed by atoms with van der Waals surface area (Å²) in [7, 11) is 0. The molecule has 1 aliphatic carbocycles. The summed E-state index contributed by atoms with van der Waals surface area (Å²) in [5.74, 6) is -1.61. The molecule has 1 aromatic heterocycles. The van der Waals surface area contributed by atoms with Gasteiger partial charge >= 0.3 is 0 Å². The van der Waals surface area contributed by atoms with Crippen LogP contribution < -0.4 is 5.32 Å². The van der Waals surface area contributed by atoms with Crippen molar-refractivity contribution in [1.29, 1.82) is 0 Å². The molecule has 2 atom stereocenters. The minimum atomic E-state index is -1.08. The van der Waals surface area contributed by atoms with Crippen LogP contribution in [0.2, 0.25) is 5.02 Å². The van der Waals surface area contributed by atoms with Crippen LogP contribution in [0, 0.1) is 5.82 Å². The van der Waals surface area contributed by atoms with Gasteiger partial charge in [-0.1, -0.05) is 11.6 Å². The van der Waals surface area contributed by atoms with Gasteiger partial charge in [-0.3, -0.25) is 14.9 Å². The summed E-state index contributed by atoms with van der Waals surface area (Å²) in [6.45, 7) is -0.186. The lowest BCUT2D eigenvalue weighted by Gasteiger charge is -2.34. The molecule has 26 heavy (non-hydrogen) atoms. The summed E-state index contributed by atoms with van der Waals surface area (Å²) in [6, 6.07) is 4.75. The van der Waals surface area contributed by atoms with Crippen molar-refractivity contribution >= 4 is 29.4 Å². The van der Waals surface area contributed by atoms with Gasteiger partial charge in [0.25, 0.3) is 5.91 Å². The number of alkyl halides is 1. The van der Waals surface area contributed by atoms with Gasteiger partial charge in [-0.25, -0.2) is 18.7 Å². The van der Waals surface area contributed by atoms with E-state index in [4.69, 9.17) is 11.6 Å². The highest BCUT2D eigenvalue weighted by molar-refractivity contribution is 6.30. The van der Waals surface area contributed by atoms with Gasteiger partial charge in [-0.15, -0.1) is 0 Å². The standard InChI is InChI=1S/C17H13ClF2N4O2/c18-9-1-2-11-12(3-9)17(4-13(17)20)8-24(15(11)26)7-14(25)23-16-21-5-10(19)6-22-16/h1-3,5-6,13H,4,7-8H2,(H,21,22,23,25)/t13-,17+/m0/s1. The third-order valence-corrected chi connectivity index (χ3v) is 4.93. The first kappa shape index (κ1) is 16.8. The number of hydrogen-bond donors (Lipinski definition) is 1. The second-order valence-electron chi connectivity index (χ2n) is 6.45. The Bertz CT molecular complexity index is 908. The molecule has 2 aromatic rings. The molecule has 6 nitrogen and oxygen atoms in total. The van der Waals surface area contributed by atoms with Crippen LogP contribution in [0.25, 0.3) is 0 Å². The Morgan fingerprint density at radius 3 is 2.73 bits per heavy atom.